The number of benzene rings is 3. The largest absolute Gasteiger partial charge is 0.481 e. The van der Waals surface area contributed by atoms with Gasteiger partial charge in [-0.3, -0.25) is 14.9 Å². The highest BCUT2D eigenvalue weighted by Gasteiger charge is 2.24. The van der Waals surface area contributed by atoms with Crippen molar-refractivity contribution in [3.8, 4) is 0 Å². The van der Waals surface area contributed by atoms with Crippen LogP contribution >= 0.6 is 0 Å². The van der Waals surface area contributed by atoms with Crippen molar-refractivity contribution in [2.45, 2.75) is 32.4 Å². The van der Waals surface area contributed by atoms with Crippen LogP contribution in [0.2, 0.25) is 0 Å². The van der Waals surface area contributed by atoms with Crippen molar-refractivity contribution in [3.63, 3.8) is 0 Å². The lowest BCUT2D eigenvalue weighted by atomic mass is 10.0. The quantitative estimate of drug-likeness (QED) is 0.319. The summed E-state index contributed by atoms with van der Waals surface area (Å²) in [5, 5.41) is 15.1. The Hall–Kier alpha value is -5.06. The predicted molar refractivity (Wildman–Crippen MR) is 161 cm³/mol. The van der Waals surface area contributed by atoms with Crippen molar-refractivity contribution in [3.05, 3.63) is 95.1 Å². The summed E-state index contributed by atoms with van der Waals surface area (Å²) >= 11 is 0. The maximum absolute atomic E-state index is 13.4. The highest BCUT2D eigenvalue weighted by Crippen LogP contribution is 2.29. The Bertz CT molecular complexity index is 1430. The monoisotopic (exact) mass is 588 g/mol. The van der Waals surface area contributed by atoms with Crippen molar-refractivity contribution in [2.24, 2.45) is 0 Å². The molecule has 1 aliphatic rings. The van der Waals surface area contributed by atoms with Gasteiger partial charge in [0.25, 0.3) is 5.91 Å². The molecule has 3 amide bonds. The van der Waals surface area contributed by atoms with Gasteiger partial charge in [0, 0.05) is 31.7 Å². The van der Waals surface area contributed by atoms with Crippen LogP contribution in [0.4, 0.5) is 21.0 Å². The number of aliphatic carboxylic acids is 1. The van der Waals surface area contributed by atoms with Crippen LogP contribution in [0.5, 0.6) is 0 Å². The van der Waals surface area contributed by atoms with Gasteiger partial charge in [-0.15, -0.1) is 0 Å². The molecule has 1 heterocycles. The molecule has 0 spiro atoms. The topological polar surface area (TPSA) is 138 Å². The summed E-state index contributed by atoms with van der Waals surface area (Å²) in [5.74, 6) is -1.54. The molecule has 3 aromatic carbocycles. The van der Waals surface area contributed by atoms with Crippen LogP contribution < -0.4 is 15.5 Å². The van der Waals surface area contributed by atoms with E-state index in [0.717, 1.165) is 11.1 Å². The smallest absolute Gasteiger partial charge is 0.412 e. The van der Waals surface area contributed by atoms with Gasteiger partial charge in [-0.25, -0.2) is 9.59 Å². The molecule has 0 saturated carbocycles. The summed E-state index contributed by atoms with van der Waals surface area (Å²) in [6.45, 7) is 4.00. The lowest BCUT2D eigenvalue weighted by Gasteiger charge is -2.26. The fraction of sp³-hybridized carbons (Fsp3) is 0.312. The first-order chi connectivity index (χ1) is 20.7. The Balaban J connectivity index is 1.57. The normalized spacial score (nSPS) is 13.8. The van der Waals surface area contributed by atoms with E-state index in [1.54, 1.807) is 35.2 Å². The first-order valence-electron chi connectivity index (χ1n) is 14.0. The van der Waals surface area contributed by atoms with E-state index in [4.69, 9.17) is 9.47 Å². The highest BCUT2D eigenvalue weighted by molar-refractivity contribution is 5.99. The van der Waals surface area contributed by atoms with Crippen LogP contribution in [-0.2, 0) is 20.9 Å². The Morgan fingerprint density at radius 2 is 1.67 bits per heavy atom. The number of carbonyl (C=O) groups excluding carboxylic acids is 3. The number of hydrogen-bond donors (Lipinski definition) is 3. The molecule has 1 fully saturated rings. The third-order valence-corrected chi connectivity index (χ3v) is 7.14. The number of carboxylic acids is 1. The molecule has 11 heteroatoms. The van der Waals surface area contributed by atoms with Crippen LogP contribution in [0.25, 0.3) is 0 Å². The minimum absolute atomic E-state index is 0.0629. The zero-order valence-corrected chi connectivity index (χ0v) is 24.2. The summed E-state index contributed by atoms with van der Waals surface area (Å²) in [5.41, 5.74) is 3.74. The SMILES string of the molecule is COC(=O)N1CCCN(c2ccc(C(=O)NC(CC(=O)O)c3ccc(C)cc3)cc2NC(=O)OCc2ccccc2)CC1. The fourth-order valence-corrected chi connectivity index (χ4v) is 4.86. The lowest BCUT2D eigenvalue weighted by Crippen LogP contribution is -2.35. The number of aryl methyl sites for hydroxylation is 1. The first kappa shape index (κ1) is 30.9. The van der Waals surface area contributed by atoms with E-state index < -0.39 is 30.1 Å². The molecule has 1 aliphatic heterocycles. The molecule has 0 bridgehead atoms. The van der Waals surface area contributed by atoms with Gasteiger partial charge in [0.15, 0.2) is 0 Å². The molecule has 226 valence electrons. The molecule has 3 aromatic rings. The average molecular weight is 589 g/mol. The molecule has 1 unspecified atom stereocenters. The third kappa shape index (κ3) is 8.71. The van der Waals surface area contributed by atoms with Crippen LogP contribution in [0.3, 0.4) is 0 Å². The number of methoxy groups -OCH3 is 1. The molecule has 43 heavy (non-hydrogen) atoms. The number of carbonyl (C=O) groups is 4. The first-order valence-corrected chi connectivity index (χ1v) is 14.0. The third-order valence-electron chi connectivity index (χ3n) is 7.14. The molecular weight excluding hydrogens is 552 g/mol. The summed E-state index contributed by atoms with van der Waals surface area (Å²) in [4.78, 5) is 53.6. The number of carboxylic acid groups (broad SMARTS) is 1. The van der Waals surface area contributed by atoms with Crippen molar-refractivity contribution in [1.29, 1.82) is 0 Å². The Morgan fingerprint density at radius 3 is 2.37 bits per heavy atom. The summed E-state index contributed by atoms with van der Waals surface area (Å²) in [6.07, 6.45) is -0.727. The van der Waals surface area contributed by atoms with E-state index in [1.165, 1.54) is 7.11 Å². The fourth-order valence-electron chi connectivity index (χ4n) is 4.86. The maximum atomic E-state index is 13.4. The lowest BCUT2D eigenvalue weighted by molar-refractivity contribution is -0.137. The summed E-state index contributed by atoms with van der Waals surface area (Å²) in [6, 6.07) is 20.7. The van der Waals surface area contributed by atoms with E-state index in [2.05, 4.69) is 10.6 Å². The molecule has 4 rings (SSSR count). The van der Waals surface area contributed by atoms with Gasteiger partial charge in [0.2, 0.25) is 0 Å². The van der Waals surface area contributed by atoms with Gasteiger partial charge < -0.3 is 29.7 Å². The molecule has 0 aromatic heterocycles. The minimum Gasteiger partial charge on any atom is -0.481 e. The summed E-state index contributed by atoms with van der Waals surface area (Å²) < 4.78 is 10.3. The molecule has 3 N–H and O–H groups in total. The van der Waals surface area contributed by atoms with Crippen LogP contribution in [-0.4, -0.2) is 67.4 Å². The molecule has 0 aliphatic carbocycles. The van der Waals surface area contributed by atoms with Crippen LogP contribution in [0.1, 0.15) is 45.9 Å². The van der Waals surface area contributed by atoms with Crippen molar-refractivity contribution in [2.75, 3.05) is 43.5 Å². The van der Waals surface area contributed by atoms with Gasteiger partial charge in [-0.1, -0.05) is 60.2 Å². The van der Waals surface area contributed by atoms with Gasteiger partial charge >= 0.3 is 18.2 Å². The maximum Gasteiger partial charge on any atom is 0.412 e. The molecule has 11 nitrogen and oxygen atoms in total. The second-order valence-corrected chi connectivity index (χ2v) is 10.3. The zero-order chi connectivity index (χ0) is 30.8. The Morgan fingerprint density at radius 1 is 0.930 bits per heavy atom. The van der Waals surface area contributed by atoms with Crippen LogP contribution in [0, 0.1) is 6.92 Å². The summed E-state index contributed by atoms with van der Waals surface area (Å²) in [7, 11) is 1.34. The second-order valence-electron chi connectivity index (χ2n) is 10.3. The van der Waals surface area contributed by atoms with Gasteiger partial charge in [0.05, 0.1) is 30.9 Å². The van der Waals surface area contributed by atoms with E-state index in [0.29, 0.717) is 49.5 Å². The molecular formula is C32H36N4O7. The van der Waals surface area contributed by atoms with E-state index >= 15 is 0 Å². The van der Waals surface area contributed by atoms with Gasteiger partial charge in [-0.05, 0) is 42.7 Å². The van der Waals surface area contributed by atoms with E-state index in [1.807, 2.05) is 54.3 Å². The van der Waals surface area contributed by atoms with Crippen molar-refractivity contribution < 1.29 is 33.8 Å². The predicted octanol–water partition coefficient (Wildman–Crippen LogP) is 4.97. The van der Waals surface area contributed by atoms with Crippen LogP contribution in [0.15, 0.2) is 72.8 Å². The molecule has 1 atom stereocenters. The minimum atomic E-state index is -1.05. The van der Waals surface area contributed by atoms with Crippen molar-refractivity contribution in [1.82, 2.24) is 10.2 Å². The number of hydrogen-bond acceptors (Lipinski definition) is 7. The van der Waals surface area contributed by atoms with Crippen molar-refractivity contribution >= 4 is 35.4 Å². The highest BCUT2D eigenvalue weighted by atomic mass is 16.5. The zero-order valence-electron chi connectivity index (χ0n) is 24.2. The number of nitrogens with one attached hydrogen (secondary N) is 2. The number of rotatable bonds is 9. The number of nitrogens with zero attached hydrogens (tertiary/aromatic N) is 2. The number of amides is 3. The van der Waals surface area contributed by atoms with E-state index in [-0.39, 0.29) is 18.6 Å². The standard InChI is InChI=1S/C32H36N4O7/c1-22-9-11-24(12-10-22)26(20-29(37)38)33-30(39)25-13-14-28(35-15-6-16-36(18-17-35)32(41)42-2)27(19-25)34-31(40)43-21-23-7-4-3-5-8-23/h3-5,7-14,19,26H,6,15-18,20-21H2,1-2H3,(H,33,39)(H,34,40)(H,37,38). The number of anilines is 2. The Kier molecular flexibility index (Phi) is 10.6. The van der Waals surface area contributed by atoms with Gasteiger partial charge in [-0.2, -0.15) is 0 Å². The molecule has 0 radical (unpaired) electrons. The average Bonchev–Trinajstić information content (AvgIpc) is 3.26. The molecule has 1 saturated heterocycles. The van der Waals surface area contributed by atoms with Gasteiger partial charge in [0.1, 0.15) is 6.61 Å². The Labute approximate surface area is 250 Å². The number of ether oxygens (including phenoxy) is 2. The van der Waals surface area contributed by atoms with E-state index in [9.17, 15) is 24.3 Å². The second kappa shape index (κ2) is 14.7.